The zero-order valence-electron chi connectivity index (χ0n) is 13.1. The van der Waals surface area contributed by atoms with Crippen LogP contribution < -0.4 is 5.73 Å². The van der Waals surface area contributed by atoms with Crippen LogP contribution >= 0.6 is 0 Å². The second-order valence-electron chi connectivity index (χ2n) is 6.08. The van der Waals surface area contributed by atoms with E-state index in [0.717, 1.165) is 11.1 Å². The fourth-order valence-corrected chi connectivity index (χ4v) is 2.41. The molecular weight excluding hydrogens is 244 g/mol. The summed E-state index contributed by atoms with van der Waals surface area (Å²) in [6.45, 7) is 10.9. The van der Waals surface area contributed by atoms with E-state index in [0.29, 0.717) is 17.7 Å². The minimum absolute atomic E-state index is 0.488. The van der Waals surface area contributed by atoms with Gasteiger partial charge in [-0.15, -0.1) is 0 Å². The normalized spacial score (nSPS) is 11.3. The molecule has 2 N–H and O–H groups in total. The molecule has 0 saturated heterocycles. The van der Waals surface area contributed by atoms with Gasteiger partial charge in [-0.1, -0.05) is 45.9 Å². The zero-order valence-corrected chi connectivity index (χ0v) is 13.1. The van der Waals surface area contributed by atoms with Gasteiger partial charge in [0.15, 0.2) is 0 Å². The zero-order chi connectivity index (χ0) is 14.9. The summed E-state index contributed by atoms with van der Waals surface area (Å²) in [6.07, 6.45) is 1.87. The van der Waals surface area contributed by atoms with Crippen molar-refractivity contribution in [1.82, 2.24) is 4.98 Å². The fraction of sp³-hybridized carbons (Fsp3) is 0.389. The summed E-state index contributed by atoms with van der Waals surface area (Å²) in [4.78, 5) is 4.29. The van der Waals surface area contributed by atoms with Gasteiger partial charge in [-0.25, -0.2) is 4.98 Å². The van der Waals surface area contributed by atoms with Crippen molar-refractivity contribution in [1.29, 1.82) is 0 Å². The number of rotatable bonds is 3. The molecule has 0 spiro atoms. The first-order chi connectivity index (χ1) is 9.40. The molecular formula is C18H24N2. The number of aryl methyl sites for hydroxylation is 1. The molecule has 1 heterocycles. The first-order valence-electron chi connectivity index (χ1n) is 7.26. The maximum absolute atomic E-state index is 5.82. The first-order valence-corrected chi connectivity index (χ1v) is 7.26. The Hall–Kier alpha value is -1.83. The quantitative estimate of drug-likeness (QED) is 0.861. The molecule has 20 heavy (non-hydrogen) atoms. The van der Waals surface area contributed by atoms with Gasteiger partial charge in [-0.3, -0.25) is 0 Å². The van der Waals surface area contributed by atoms with Crippen LogP contribution in [0.25, 0.3) is 11.1 Å². The minimum atomic E-state index is 0.488. The Labute approximate surface area is 122 Å². The third kappa shape index (κ3) is 2.84. The number of hydrogen-bond donors (Lipinski definition) is 1. The molecule has 0 unspecified atom stereocenters. The van der Waals surface area contributed by atoms with Crippen LogP contribution in [0.3, 0.4) is 0 Å². The summed E-state index contributed by atoms with van der Waals surface area (Å²) >= 11 is 0. The third-order valence-electron chi connectivity index (χ3n) is 3.79. The molecule has 2 nitrogen and oxygen atoms in total. The lowest BCUT2D eigenvalue weighted by atomic mass is 9.89. The van der Waals surface area contributed by atoms with E-state index in [1.807, 2.05) is 13.1 Å². The predicted octanol–water partition coefficient (Wildman–Crippen LogP) is 4.89. The molecule has 0 radical (unpaired) electrons. The number of anilines is 1. The molecule has 0 aliphatic rings. The van der Waals surface area contributed by atoms with Crippen LogP contribution in [0.15, 0.2) is 30.5 Å². The van der Waals surface area contributed by atoms with Crippen molar-refractivity contribution < 1.29 is 0 Å². The second-order valence-corrected chi connectivity index (χ2v) is 6.08. The molecule has 2 aromatic rings. The molecule has 0 aliphatic carbocycles. The summed E-state index contributed by atoms with van der Waals surface area (Å²) in [5, 5.41) is 0. The molecule has 0 amide bonds. The number of hydrogen-bond acceptors (Lipinski definition) is 2. The molecule has 106 valence electrons. The van der Waals surface area contributed by atoms with Crippen LogP contribution in [-0.2, 0) is 0 Å². The molecule has 2 rings (SSSR count). The number of nitrogen functional groups attached to an aromatic ring is 1. The third-order valence-corrected chi connectivity index (χ3v) is 3.79. The Bertz CT molecular complexity index is 613. The first kappa shape index (κ1) is 14.6. The van der Waals surface area contributed by atoms with Crippen molar-refractivity contribution in [2.24, 2.45) is 0 Å². The molecule has 1 aromatic carbocycles. The van der Waals surface area contributed by atoms with Crippen molar-refractivity contribution >= 4 is 5.82 Å². The van der Waals surface area contributed by atoms with Crippen LogP contribution in [0.2, 0.25) is 0 Å². The lowest BCUT2D eigenvalue weighted by Crippen LogP contribution is -1.99. The number of aromatic nitrogens is 1. The van der Waals surface area contributed by atoms with Crippen molar-refractivity contribution in [3.63, 3.8) is 0 Å². The van der Waals surface area contributed by atoms with E-state index in [4.69, 9.17) is 5.73 Å². The Morgan fingerprint density at radius 2 is 1.70 bits per heavy atom. The maximum atomic E-state index is 5.82. The highest BCUT2D eigenvalue weighted by Gasteiger charge is 2.12. The number of nitrogens with zero attached hydrogens (tertiary/aromatic N) is 1. The van der Waals surface area contributed by atoms with Crippen molar-refractivity contribution in [3.8, 4) is 11.1 Å². The second kappa shape index (κ2) is 5.66. The summed E-state index contributed by atoms with van der Waals surface area (Å²) in [5.41, 5.74) is 12.0. The van der Waals surface area contributed by atoms with Crippen molar-refractivity contribution in [2.45, 2.75) is 46.5 Å². The van der Waals surface area contributed by atoms with E-state index >= 15 is 0 Å². The van der Waals surface area contributed by atoms with Crippen LogP contribution in [0.1, 0.15) is 56.2 Å². The average molecular weight is 268 g/mol. The molecule has 1 aromatic heterocycles. The van der Waals surface area contributed by atoms with Gasteiger partial charge >= 0.3 is 0 Å². The minimum Gasteiger partial charge on any atom is -0.383 e. The molecule has 0 aliphatic heterocycles. The lowest BCUT2D eigenvalue weighted by Gasteiger charge is -2.17. The Balaban J connectivity index is 2.58. The van der Waals surface area contributed by atoms with Crippen LogP contribution in [0, 0.1) is 6.92 Å². The summed E-state index contributed by atoms with van der Waals surface area (Å²) in [6, 6.07) is 8.89. The van der Waals surface area contributed by atoms with Gasteiger partial charge in [-0.05, 0) is 47.1 Å². The highest BCUT2D eigenvalue weighted by atomic mass is 14.8. The summed E-state index contributed by atoms with van der Waals surface area (Å²) < 4.78 is 0. The summed E-state index contributed by atoms with van der Waals surface area (Å²) in [7, 11) is 0. The fourth-order valence-electron chi connectivity index (χ4n) is 2.41. The summed E-state index contributed by atoms with van der Waals surface area (Å²) in [5.74, 6) is 1.65. The predicted molar refractivity (Wildman–Crippen MR) is 87.0 cm³/mol. The number of benzene rings is 1. The van der Waals surface area contributed by atoms with Gasteiger partial charge in [0.05, 0.1) is 0 Å². The van der Waals surface area contributed by atoms with E-state index in [1.165, 1.54) is 16.7 Å². The van der Waals surface area contributed by atoms with E-state index < -0.39 is 0 Å². The van der Waals surface area contributed by atoms with Gasteiger partial charge < -0.3 is 5.73 Å². The topological polar surface area (TPSA) is 38.9 Å². The monoisotopic (exact) mass is 268 g/mol. The highest BCUT2D eigenvalue weighted by Crippen LogP contribution is 2.32. The van der Waals surface area contributed by atoms with Gasteiger partial charge in [0.25, 0.3) is 0 Å². The van der Waals surface area contributed by atoms with Crippen molar-refractivity contribution in [2.75, 3.05) is 5.73 Å². The molecule has 0 saturated carbocycles. The number of pyridine rings is 1. The van der Waals surface area contributed by atoms with Crippen molar-refractivity contribution in [3.05, 3.63) is 47.2 Å². The number of nitrogens with two attached hydrogens (primary N) is 1. The van der Waals surface area contributed by atoms with Crippen LogP contribution in [0.5, 0.6) is 0 Å². The maximum Gasteiger partial charge on any atom is 0.126 e. The molecule has 2 heteroatoms. The van der Waals surface area contributed by atoms with Crippen LogP contribution in [-0.4, -0.2) is 4.98 Å². The van der Waals surface area contributed by atoms with Gasteiger partial charge in [-0.2, -0.15) is 0 Å². The Morgan fingerprint density at radius 3 is 2.25 bits per heavy atom. The smallest absolute Gasteiger partial charge is 0.126 e. The lowest BCUT2D eigenvalue weighted by molar-refractivity contribution is 0.835. The highest BCUT2D eigenvalue weighted by molar-refractivity contribution is 5.69. The van der Waals surface area contributed by atoms with Crippen LogP contribution in [0.4, 0.5) is 5.82 Å². The van der Waals surface area contributed by atoms with Gasteiger partial charge in [0.2, 0.25) is 0 Å². The molecule has 0 bridgehead atoms. The van der Waals surface area contributed by atoms with E-state index in [2.05, 4.69) is 56.9 Å². The van der Waals surface area contributed by atoms with E-state index in [9.17, 15) is 0 Å². The molecule has 0 fully saturated rings. The Kier molecular flexibility index (Phi) is 4.12. The van der Waals surface area contributed by atoms with E-state index in [1.54, 1.807) is 0 Å². The SMILES string of the molecule is Cc1cc(-c2ccc(C(C)C)cc2C(C)C)cnc1N. The molecule has 0 atom stereocenters. The largest absolute Gasteiger partial charge is 0.383 e. The van der Waals surface area contributed by atoms with Gasteiger partial charge in [0, 0.05) is 11.8 Å². The van der Waals surface area contributed by atoms with E-state index in [-0.39, 0.29) is 0 Å². The standard InChI is InChI=1S/C18H24N2/c1-11(2)14-6-7-16(17(9-14)12(3)4)15-8-13(5)18(19)20-10-15/h6-12H,1-5H3,(H2,19,20). The average Bonchev–Trinajstić information content (AvgIpc) is 2.41. The Morgan fingerprint density at radius 1 is 1.00 bits per heavy atom. The van der Waals surface area contributed by atoms with Gasteiger partial charge in [0.1, 0.15) is 5.82 Å².